The van der Waals surface area contributed by atoms with Gasteiger partial charge in [-0.15, -0.1) is 0 Å². The van der Waals surface area contributed by atoms with E-state index < -0.39 is 0 Å². The summed E-state index contributed by atoms with van der Waals surface area (Å²) in [7, 11) is 0. The highest BCUT2D eigenvalue weighted by Crippen LogP contribution is 2.36. The van der Waals surface area contributed by atoms with Crippen molar-refractivity contribution in [3.05, 3.63) is 29.8 Å². The van der Waals surface area contributed by atoms with Crippen LogP contribution in [0.15, 0.2) is 24.3 Å². The Morgan fingerprint density at radius 2 is 2.00 bits per heavy atom. The molecule has 3 nitrogen and oxygen atoms in total. The lowest BCUT2D eigenvalue weighted by Gasteiger charge is -2.34. The van der Waals surface area contributed by atoms with Crippen molar-refractivity contribution in [1.82, 2.24) is 0 Å². The topological polar surface area (TPSA) is 27.7 Å². The quantitative estimate of drug-likeness (QED) is 0.761. The van der Waals surface area contributed by atoms with E-state index >= 15 is 0 Å². The molecule has 0 atom stereocenters. The fraction of sp³-hybridized carbons (Fsp3) is 0.500. The van der Waals surface area contributed by atoms with Gasteiger partial charge in [0.15, 0.2) is 12.6 Å². The molecule has 1 aromatic rings. The second-order valence-electron chi connectivity index (χ2n) is 3.56. The average Bonchev–Trinajstić information content (AvgIpc) is 2.23. The Labute approximate surface area is 90.0 Å². The fourth-order valence-corrected chi connectivity index (χ4v) is 1.52. The maximum atomic E-state index is 5.62. The molecule has 0 amide bonds. The van der Waals surface area contributed by atoms with Crippen molar-refractivity contribution in [2.45, 2.75) is 32.8 Å². The molecule has 0 N–H and O–H groups in total. The van der Waals surface area contributed by atoms with Crippen LogP contribution in [0.25, 0.3) is 0 Å². The lowest BCUT2D eigenvalue weighted by Crippen LogP contribution is -2.31. The first-order valence-corrected chi connectivity index (χ1v) is 5.34. The maximum absolute atomic E-state index is 5.62. The van der Waals surface area contributed by atoms with Crippen molar-refractivity contribution in [3.63, 3.8) is 0 Å². The van der Waals surface area contributed by atoms with Gasteiger partial charge in [-0.05, 0) is 19.4 Å². The first-order valence-electron chi connectivity index (χ1n) is 5.34. The van der Waals surface area contributed by atoms with Crippen molar-refractivity contribution in [2.75, 3.05) is 6.61 Å². The molecule has 15 heavy (non-hydrogen) atoms. The zero-order chi connectivity index (χ0) is 10.7. The maximum Gasteiger partial charge on any atom is 0.193 e. The zero-order valence-corrected chi connectivity index (χ0v) is 9.10. The van der Waals surface area contributed by atoms with Crippen LogP contribution in [0.1, 0.15) is 32.1 Å². The van der Waals surface area contributed by atoms with Gasteiger partial charge in [0.1, 0.15) is 5.75 Å². The van der Waals surface area contributed by atoms with Gasteiger partial charge < -0.3 is 14.2 Å². The van der Waals surface area contributed by atoms with Crippen LogP contribution in [-0.2, 0) is 9.47 Å². The van der Waals surface area contributed by atoms with E-state index in [1.807, 2.05) is 31.2 Å². The Morgan fingerprint density at radius 3 is 2.67 bits per heavy atom. The second-order valence-corrected chi connectivity index (χ2v) is 3.56. The Hall–Kier alpha value is -1.06. The standard InChI is InChI=1S/C12H16O3/c1-3-8-13-11-7-5-4-6-10(11)12-14-9(2)15-12/h4-7,9,12H,3,8H2,1-2H3. The number of para-hydroxylation sites is 1. The molecule has 82 valence electrons. The lowest BCUT2D eigenvalue weighted by molar-refractivity contribution is -0.382. The fourth-order valence-electron chi connectivity index (χ4n) is 1.52. The minimum Gasteiger partial charge on any atom is -0.493 e. The van der Waals surface area contributed by atoms with Crippen LogP contribution in [0.4, 0.5) is 0 Å². The first-order chi connectivity index (χ1) is 7.31. The molecule has 0 spiro atoms. The van der Waals surface area contributed by atoms with E-state index in [9.17, 15) is 0 Å². The van der Waals surface area contributed by atoms with Crippen molar-refractivity contribution in [1.29, 1.82) is 0 Å². The molecule has 1 fully saturated rings. The van der Waals surface area contributed by atoms with Gasteiger partial charge in [-0.2, -0.15) is 0 Å². The van der Waals surface area contributed by atoms with Crippen molar-refractivity contribution in [3.8, 4) is 5.75 Å². The molecule has 0 unspecified atom stereocenters. The summed E-state index contributed by atoms with van der Waals surface area (Å²) in [6, 6.07) is 7.84. The van der Waals surface area contributed by atoms with Crippen LogP contribution in [0.3, 0.4) is 0 Å². The van der Waals surface area contributed by atoms with Gasteiger partial charge in [0.25, 0.3) is 0 Å². The van der Waals surface area contributed by atoms with E-state index in [1.165, 1.54) is 0 Å². The molecule has 2 rings (SSSR count). The number of rotatable bonds is 4. The van der Waals surface area contributed by atoms with Gasteiger partial charge in [-0.1, -0.05) is 25.1 Å². The number of hydrogen-bond donors (Lipinski definition) is 0. The van der Waals surface area contributed by atoms with Crippen LogP contribution in [0.2, 0.25) is 0 Å². The van der Waals surface area contributed by atoms with Crippen molar-refractivity contribution in [2.24, 2.45) is 0 Å². The lowest BCUT2D eigenvalue weighted by atomic mass is 10.2. The average molecular weight is 208 g/mol. The third kappa shape index (κ3) is 2.30. The smallest absolute Gasteiger partial charge is 0.193 e. The van der Waals surface area contributed by atoms with Gasteiger partial charge in [-0.3, -0.25) is 0 Å². The second kappa shape index (κ2) is 4.64. The molecule has 0 bridgehead atoms. The minimum absolute atomic E-state index is 0.103. The third-order valence-corrected chi connectivity index (χ3v) is 2.27. The number of ether oxygens (including phenoxy) is 3. The summed E-state index contributed by atoms with van der Waals surface area (Å²) in [5.41, 5.74) is 0.976. The third-order valence-electron chi connectivity index (χ3n) is 2.27. The van der Waals surface area contributed by atoms with Gasteiger partial charge in [0.05, 0.1) is 6.61 Å². The van der Waals surface area contributed by atoms with Gasteiger partial charge in [-0.25, -0.2) is 0 Å². The monoisotopic (exact) mass is 208 g/mol. The van der Waals surface area contributed by atoms with Crippen LogP contribution >= 0.6 is 0 Å². The molecule has 0 radical (unpaired) electrons. The number of benzene rings is 1. The van der Waals surface area contributed by atoms with E-state index in [2.05, 4.69) is 6.92 Å². The summed E-state index contributed by atoms with van der Waals surface area (Å²) in [5.74, 6) is 0.858. The Morgan fingerprint density at radius 1 is 1.27 bits per heavy atom. The van der Waals surface area contributed by atoms with Crippen LogP contribution < -0.4 is 4.74 Å². The predicted molar refractivity (Wildman–Crippen MR) is 56.6 cm³/mol. The highest BCUT2D eigenvalue weighted by Gasteiger charge is 2.30. The first kappa shape index (κ1) is 10.5. The Kier molecular flexibility index (Phi) is 3.23. The minimum atomic E-state index is -0.256. The van der Waals surface area contributed by atoms with Gasteiger partial charge >= 0.3 is 0 Å². The Bertz CT molecular complexity index is 318. The van der Waals surface area contributed by atoms with Crippen LogP contribution in [0, 0.1) is 0 Å². The van der Waals surface area contributed by atoms with E-state index in [0.717, 1.165) is 24.3 Å². The van der Waals surface area contributed by atoms with E-state index in [0.29, 0.717) is 0 Å². The summed E-state index contributed by atoms with van der Waals surface area (Å²) >= 11 is 0. The molecule has 1 heterocycles. The molecule has 3 heteroatoms. The highest BCUT2D eigenvalue weighted by molar-refractivity contribution is 5.34. The van der Waals surface area contributed by atoms with Crippen LogP contribution in [-0.4, -0.2) is 12.9 Å². The molecule has 0 aliphatic carbocycles. The van der Waals surface area contributed by atoms with E-state index in [-0.39, 0.29) is 12.6 Å². The summed E-state index contributed by atoms with van der Waals surface area (Å²) in [6.07, 6.45) is 0.638. The highest BCUT2D eigenvalue weighted by atomic mass is 16.9. The molecular formula is C12H16O3. The van der Waals surface area contributed by atoms with Crippen molar-refractivity contribution >= 4 is 0 Å². The van der Waals surface area contributed by atoms with E-state index in [4.69, 9.17) is 14.2 Å². The normalized spacial score (nSPS) is 24.7. The predicted octanol–water partition coefficient (Wildman–Crippen LogP) is 2.87. The molecule has 1 aromatic carbocycles. The molecular weight excluding hydrogens is 192 g/mol. The zero-order valence-electron chi connectivity index (χ0n) is 9.10. The Balaban J connectivity index is 2.08. The SMILES string of the molecule is CCCOc1ccccc1C1OC(C)O1. The molecule has 1 aliphatic heterocycles. The number of hydrogen-bond acceptors (Lipinski definition) is 3. The molecule has 0 saturated carbocycles. The molecule has 1 aliphatic rings. The molecule has 1 saturated heterocycles. The summed E-state index contributed by atoms with van der Waals surface area (Å²) in [4.78, 5) is 0. The molecule has 0 aromatic heterocycles. The van der Waals surface area contributed by atoms with Crippen LogP contribution in [0.5, 0.6) is 5.75 Å². The van der Waals surface area contributed by atoms with E-state index in [1.54, 1.807) is 0 Å². The summed E-state index contributed by atoms with van der Waals surface area (Å²) in [6.45, 7) is 4.69. The van der Waals surface area contributed by atoms with Gasteiger partial charge in [0.2, 0.25) is 0 Å². The van der Waals surface area contributed by atoms with Gasteiger partial charge in [0, 0.05) is 5.56 Å². The summed E-state index contributed by atoms with van der Waals surface area (Å²) < 4.78 is 16.5. The van der Waals surface area contributed by atoms with Crippen molar-refractivity contribution < 1.29 is 14.2 Å². The summed E-state index contributed by atoms with van der Waals surface area (Å²) in [5, 5.41) is 0. The largest absolute Gasteiger partial charge is 0.493 e.